The van der Waals surface area contributed by atoms with Crippen molar-refractivity contribution < 1.29 is 13.9 Å². The molecule has 1 fully saturated rings. The fourth-order valence-electron chi connectivity index (χ4n) is 3.86. The van der Waals surface area contributed by atoms with Crippen molar-refractivity contribution >= 4 is 65.9 Å². The number of halogens is 1. The number of carbonyl (C=O) groups excluding carboxylic acids is 1. The Morgan fingerprint density at radius 1 is 1.23 bits per heavy atom. The second-order valence-corrected chi connectivity index (χ2v) is 11.4. The van der Waals surface area contributed by atoms with Crippen LogP contribution in [0, 0.1) is 5.82 Å². The van der Waals surface area contributed by atoms with Gasteiger partial charge < -0.3 is 10.1 Å². The number of anilines is 1. The number of carbonyl (C=O) groups is 1. The number of thiophene rings is 1. The molecule has 1 aromatic carbocycles. The molecule has 184 valence electrons. The first-order chi connectivity index (χ1) is 17.0. The van der Waals surface area contributed by atoms with Crippen LogP contribution >= 0.6 is 34.4 Å². The highest BCUT2D eigenvalue weighted by Gasteiger charge is 2.21. The second-order valence-electron chi connectivity index (χ2n) is 8.17. The molecule has 1 amide bonds. The van der Waals surface area contributed by atoms with Crippen LogP contribution in [0.15, 0.2) is 39.6 Å². The first kappa shape index (κ1) is 24.3. The number of hydrogen-bond acceptors (Lipinski definition) is 9. The van der Waals surface area contributed by atoms with Gasteiger partial charge in [-0.15, -0.1) is 11.3 Å². The molecule has 1 unspecified atom stereocenters. The molecule has 1 atom stereocenters. The summed E-state index contributed by atoms with van der Waals surface area (Å²) in [5.74, 6) is -0.599. The third-order valence-corrected chi connectivity index (χ3v) is 8.64. The maximum absolute atomic E-state index is 13.5. The molecule has 4 heterocycles. The highest BCUT2D eigenvalue weighted by molar-refractivity contribution is 8.00. The maximum Gasteiger partial charge on any atom is 0.272 e. The van der Waals surface area contributed by atoms with Crippen molar-refractivity contribution in [3.05, 3.63) is 45.8 Å². The lowest BCUT2D eigenvalue weighted by atomic mass is 10.3. The van der Waals surface area contributed by atoms with E-state index >= 15 is 0 Å². The quantitative estimate of drug-likeness (QED) is 0.270. The van der Waals surface area contributed by atoms with E-state index in [0.717, 1.165) is 39.3 Å². The van der Waals surface area contributed by atoms with E-state index in [1.54, 1.807) is 17.6 Å². The van der Waals surface area contributed by atoms with Gasteiger partial charge in [-0.25, -0.2) is 14.4 Å². The Bertz CT molecular complexity index is 1410. The van der Waals surface area contributed by atoms with Gasteiger partial charge in [-0.1, -0.05) is 23.1 Å². The molecule has 1 saturated heterocycles. The summed E-state index contributed by atoms with van der Waals surface area (Å²) in [6.07, 6.45) is 0.800. The minimum absolute atomic E-state index is 0.0738. The molecule has 0 spiro atoms. The Kier molecular flexibility index (Phi) is 7.44. The highest BCUT2D eigenvalue weighted by atomic mass is 32.2. The number of rotatable bonds is 8. The number of ether oxygens (including phenoxy) is 1. The van der Waals surface area contributed by atoms with Crippen LogP contribution in [0.1, 0.15) is 13.3 Å². The lowest BCUT2D eigenvalue weighted by molar-refractivity contribution is -0.115. The third kappa shape index (κ3) is 5.56. The number of fused-ring (bicyclic) bond motifs is 2. The summed E-state index contributed by atoms with van der Waals surface area (Å²) < 4.78 is 21.9. The molecule has 0 bridgehead atoms. The minimum atomic E-state index is -0.521. The second kappa shape index (κ2) is 10.7. The topological polar surface area (TPSA) is 89.4 Å². The number of thiazole rings is 1. The van der Waals surface area contributed by atoms with Crippen LogP contribution in [-0.4, -0.2) is 63.4 Å². The van der Waals surface area contributed by atoms with Crippen LogP contribution in [0.25, 0.3) is 20.4 Å². The van der Waals surface area contributed by atoms with Gasteiger partial charge in [0, 0.05) is 26.2 Å². The zero-order valence-electron chi connectivity index (χ0n) is 19.0. The lowest BCUT2D eigenvalue weighted by Crippen LogP contribution is -2.37. The van der Waals surface area contributed by atoms with Gasteiger partial charge in [0.2, 0.25) is 5.91 Å². The van der Waals surface area contributed by atoms with Crippen molar-refractivity contribution in [1.29, 1.82) is 0 Å². The van der Waals surface area contributed by atoms with Crippen LogP contribution in [0.2, 0.25) is 0 Å². The van der Waals surface area contributed by atoms with Crippen LogP contribution < -0.4 is 10.9 Å². The maximum atomic E-state index is 13.5. The van der Waals surface area contributed by atoms with Gasteiger partial charge in [0.25, 0.3) is 5.56 Å². The summed E-state index contributed by atoms with van der Waals surface area (Å²) in [6.45, 7) is 6.44. The van der Waals surface area contributed by atoms with Gasteiger partial charge in [0.05, 0.1) is 34.2 Å². The smallest absolute Gasteiger partial charge is 0.272 e. The van der Waals surface area contributed by atoms with Gasteiger partial charge in [-0.3, -0.25) is 19.1 Å². The highest BCUT2D eigenvalue weighted by Crippen LogP contribution is 2.29. The summed E-state index contributed by atoms with van der Waals surface area (Å²) in [5.41, 5.74) is 1.20. The van der Waals surface area contributed by atoms with Crippen molar-refractivity contribution in [3.63, 3.8) is 0 Å². The Hall–Kier alpha value is -2.38. The molecule has 5 rings (SSSR count). The largest absolute Gasteiger partial charge is 0.379 e. The summed E-state index contributed by atoms with van der Waals surface area (Å²) in [6, 6.07) is 6.16. The Labute approximate surface area is 213 Å². The van der Waals surface area contributed by atoms with Crippen molar-refractivity contribution in [2.45, 2.75) is 30.3 Å². The molecule has 1 aliphatic heterocycles. The molecule has 12 heteroatoms. The first-order valence-corrected chi connectivity index (χ1v) is 13.9. The number of hydrogen-bond donors (Lipinski definition) is 1. The van der Waals surface area contributed by atoms with E-state index in [1.807, 2.05) is 11.4 Å². The fourth-order valence-corrected chi connectivity index (χ4v) is 6.47. The van der Waals surface area contributed by atoms with E-state index in [1.165, 1.54) is 46.6 Å². The average molecular weight is 534 g/mol. The number of amides is 1. The molecule has 0 saturated carbocycles. The average Bonchev–Trinajstić information content (AvgIpc) is 3.48. The van der Waals surface area contributed by atoms with E-state index < -0.39 is 5.25 Å². The monoisotopic (exact) mass is 533 g/mol. The Balaban J connectivity index is 1.31. The molecular formula is C23H24FN5O3S3. The van der Waals surface area contributed by atoms with Crippen molar-refractivity contribution in [3.8, 4) is 0 Å². The van der Waals surface area contributed by atoms with Crippen molar-refractivity contribution in [1.82, 2.24) is 19.4 Å². The molecule has 35 heavy (non-hydrogen) atoms. The molecule has 1 N–H and O–H groups in total. The SMILES string of the molecule is CC(Sc1nc2ccsc2c(=O)n1CCCN1CCOCC1)C(=O)Nc1nc2ccc(F)cc2s1. The minimum Gasteiger partial charge on any atom is -0.379 e. The van der Waals surface area contributed by atoms with Crippen molar-refractivity contribution in [2.24, 2.45) is 0 Å². The number of thioether (sulfide) groups is 1. The predicted molar refractivity (Wildman–Crippen MR) is 139 cm³/mol. The fraction of sp³-hybridized carbons (Fsp3) is 0.391. The van der Waals surface area contributed by atoms with Crippen molar-refractivity contribution in [2.75, 3.05) is 38.2 Å². The van der Waals surface area contributed by atoms with Gasteiger partial charge in [0.15, 0.2) is 10.3 Å². The molecule has 3 aromatic heterocycles. The summed E-state index contributed by atoms with van der Waals surface area (Å²) in [7, 11) is 0. The summed E-state index contributed by atoms with van der Waals surface area (Å²) >= 11 is 3.86. The van der Waals surface area contributed by atoms with Gasteiger partial charge in [-0.2, -0.15) is 0 Å². The number of benzene rings is 1. The van der Waals surface area contributed by atoms with Crippen LogP contribution in [0.3, 0.4) is 0 Å². The predicted octanol–water partition coefficient (Wildman–Crippen LogP) is 4.05. The number of nitrogens with one attached hydrogen (secondary N) is 1. The zero-order chi connectivity index (χ0) is 24.4. The Morgan fingerprint density at radius 2 is 2.06 bits per heavy atom. The van der Waals surface area contributed by atoms with Crippen LogP contribution in [-0.2, 0) is 16.1 Å². The van der Waals surface area contributed by atoms with E-state index in [4.69, 9.17) is 9.72 Å². The van der Waals surface area contributed by atoms with Gasteiger partial charge in [-0.05, 0) is 43.0 Å². The van der Waals surface area contributed by atoms with Crippen LogP contribution in [0.5, 0.6) is 0 Å². The molecular weight excluding hydrogens is 509 g/mol. The molecule has 8 nitrogen and oxygen atoms in total. The molecule has 0 radical (unpaired) electrons. The number of aromatic nitrogens is 3. The number of nitrogens with zero attached hydrogens (tertiary/aromatic N) is 4. The van der Waals surface area contributed by atoms with E-state index in [-0.39, 0.29) is 17.3 Å². The molecule has 0 aliphatic carbocycles. The first-order valence-electron chi connectivity index (χ1n) is 11.3. The van der Waals surface area contributed by atoms with E-state index in [2.05, 4.69) is 15.2 Å². The third-order valence-electron chi connectivity index (χ3n) is 5.72. The summed E-state index contributed by atoms with van der Waals surface area (Å²) in [4.78, 5) is 37.5. The van der Waals surface area contributed by atoms with Crippen LogP contribution in [0.4, 0.5) is 9.52 Å². The molecule has 4 aromatic rings. The van der Waals surface area contributed by atoms with Gasteiger partial charge in [0.1, 0.15) is 10.5 Å². The summed E-state index contributed by atoms with van der Waals surface area (Å²) in [5, 5.41) is 5.09. The van der Waals surface area contributed by atoms with E-state index in [9.17, 15) is 14.0 Å². The van der Waals surface area contributed by atoms with E-state index in [0.29, 0.717) is 37.3 Å². The zero-order valence-corrected chi connectivity index (χ0v) is 21.5. The lowest BCUT2D eigenvalue weighted by Gasteiger charge is -2.26. The normalized spacial score (nSPS) is 15.6. The Morgan fingerprint density at radius 3 is 2.89 bits per heavy atom. The number of morpholine rings is 1. The van der Waals surface area contributed by atoms with Gasteiger partial charge >= 0.3 is 0 Å². The standard InChI is InChI=1S/C23H24FN5O3S3/c1-14(20(30)27-22-25-16-4-3-15(24)13-18(16)35-22)34-23-26-17-5-12-33-19(17)21(31)29(23)7-2-6-28-8-10-32-11-9-28/h3-5,12-14H,2,6-11H2,1H3,(H,25,27,30). The molecule has 1 aliphatic rings.